The maximum atomic E-state index is 13.0. The number of aromatic amines is 1. The van der Waals surface area contributed by atoms with Gasteiger partial charge in [-0.05, 0) is 77.9 Å². The number of hydrogen-bond acceptors (Lipinski definition) is 5. The highest BCUT2D eigenvalue weighted by Gasteiger charge is 2.43. The third kappa shape index (κ3) is 3.68. The molecular weight excluding hydrogens is 428 g/mol. The van der Waals surface area contributed by atoms with Crippen molar-refractivity contribution in [2.45, 2.75) is 57.7 Å². The molecule has 2 aromatic carbocycles. The van der Waals surface area contributed by atoms with Gasteiger partial charge in [0.25, 0.3) is 11.5 Å². The predicted octanol–water partition coefficient (Wildman–Crippen LogP) is 3.64. The Bertz CT molecular complexity index is 1430. The first-order chi connectivity index (χ1) is 16.1. The molecule has 8 nitrogen and oxygen atoms in total. The molecule has 8 heteroatoms. The molecule has 1 amide bonds. The third-order valence-corrected chi connectivity index (χ3v) is 7.33. The van der Waals surface area contributed by atoms with Crippen LogP contribution in [0.4, 0.5) is 0 Å². The van der Waals surface area contributed by atoms with E-state index in [9.17, 15) is 9.59 Å². The normalized spacial score (nSPS) is 18.4. The number of hydrogen-bond donors (Lipinski definition) is 2. The van der Waals surface area contributed by atoms with Gasteiger partial charge in [-0.25, -0.2) is 4.68 Å². The largest absolute Gasteiger partial charge is 0.349 e. The van der Waals surface area contributed by atoms with E-state index >= 15 is 0 Å². The standard InChI is InChI=1S/C26H30N6O2/c1-25(2)14-17(15-26(3,4)31(25)5)27-23(33)16-10-12-18(13-11-16)32-24(34)22-21(30-32)19-8-6-7-9-20(19)28-29-22/h6-13,17,30H,14-15H2,1-5H3,(H,27,33). The minimum Gasteiger partial charge on any atom is -0.349 e. The lowest BCUT2D eigenvalue weighted by Crippen LogP contribution is -2.62. The first-order valence-corrected chi connectivity index (χ1v) is 11.6. The highest BCUT2D eigenvalue weighted by atomic mass is 16.2. The first kappa shape index (κ1) is 22.3. The van der Waals surface area contributed by atoms with Gasteiger partial charge in [-0.2, -0.15) is 0 Å². The molecule has 0 atom stereocenters. The molecule has 0 bridgehead atoms. The van der Waals surface area contributed by atoms with Crippen LogP contribution in [-0.2, 0) is 0 Å². The second-order valence-electron chi connectivity index (χ2n) is 10.5. The zero-order valence-corrected chi connectivity index (χ0v) is 20.2. The van der Waals surface area contributed by atoms with E-state index in [1.165, 1.54) is 4.68 Å². The van der Waals surface area contributed by atoms with Gasteiger partial charge in [0.15, 0.2) is 5.52 Å². The van der Waals surface area contributed by atoms with Crippen molar-refractivity contribution in [3.8, 4) is 5.69 Å². The Kier molecular flexibility index (Phi) is 5.09. The fraction of sp³-hybridized carbons (Fsp3) is 0.385. The lowest BCUT2D eigenvalue weighted by Gasteiger charge is -2.53. The summed E-state index contributed by atoms with van der Waals surface area (Å²) in [6.45, 7) is 8.86. The highest BCUT2D eigenvalue weighted by molar-refractivity contribution is 6.00. The van der Waals surface area contributed by atoms with Crippen LogP contribution < -0.4 is 10.9 Å². The Hall–Kier alpha value is -3.52. The molecule has 1 aliphatic heterocycles. The molecule has 5 rings (SSSR count). The second-order valence-corrected chi connectivity index (χ2v) is 10.5. The molecule has 2 N–H and O–H groups in total. The van der Waals surface area contributed by atoms with Crippen LogP contribution in [-0.4, -0.2) is 55.0 Å². The molecule has 3 heterocycles. The molecule has 1 fully saturated rings. The van der Waals surface area contributed by atoms with Crippen LogP contribution in [0.3, 0.4) is 0 Å². The number of aromatic nitrogens is 4. The first-order valence-electron chi connectivity index (χ1n) is 11.6. The van der Waals surface area contributed by atoms with Crippen molar-refractivity contribution in [2.75, 3.05) is 7.05 Å². The number of carbonyl (C=O) groups excluding carboxylic acids is 1. The van der Waals surface area contributed by atoms with E-state index < -0.39 is 0 Å². The quantitative estimate of drug-likeness (QED) is 0.489. The summed E-state index contributed by atoms with van der Waals surface area (Å²) in [5, 5.41) is 15.5. The number of likely N-dealkylation sites (tertiary alicyclic amines) is 1. The van der Waals surface area contributed by atoms with Gasteiger partial charge in [0.1, 0.15) is 0 Å². The van der Waals surface area contributed by atoms with Gasteiger partial charge in [0, 0.05) is 28.1 Å². The van der Waals surface area contributed by atoms with E-state index in [2.05, 4.69) is 60.3 Å². The van der Waals surface area contributed by atoms with Crippen LogP contribution >= 0.6 is 0 Å². The van der Waals surface area contributed by atoms with Gasteiger partial charge < -0.3 is 5.32 Å². The Morgan fingerprint density at radius 2 is 1.65 bits per heavy atom. The Morgan fingerprint density at radius 1 is 1.00 bits per heavy atom. The van der Waals surface area contributed by atoms with Crippen LogP contribution in [0.2, 0.25) is 0 Å². The monoisotopic (exact) mass is 458 g/mol. The van der Waals surface area contributed by atoms with Crippen molar-refractivity contribution >= 4 is 27.8 Å². The number of piperidine rings is 1. The Balaban J connectivity index is 1.39. The molecule has 0 saturated carbocycles. The van der Waals surface area contributed by atoms with Crippen molar-refractivity contribution < 1.29 is 4.79 Å². The van der Waals surface area contributed by atoms with E-state index in [0.29, 0.717) is 16.8 Å². The molecule has 1 aliphatic rings. The lowest BCUT2D eigenvalue weighted by atomic mass is 9.77. The van der Waals surface area contributed by atoms with Crippen LogP contribution in [0.5, 0.6) is 0 Å². The summed E-state index contributed by atoms with van der Waals surface area (Å²) < 4.78 is 1.44. The summed E-state index contributed by atoms with van der Waals surface area (Å²) in [4.78, 5) is 28.3. The van der Waals surface area contributed by atoms with Gasteiger partial charge >= 0.3 is 0 Å². The second kappa shape index (κ2) is 7.77. The van der Waals surface area contributed by atoms with Crippen molar-refractivity contribution in [1.82, 2.24) is 30.2 Å². The number of benzene rings is 2. The summed E-state index contributed by atoms with van der Waals surface area (Å²) in [6, 6.07) is 14.7. The average molecular weight is 459 g/mol. The number of nitrogens with one attached hydrogen (secondary N) is 2. The Morgan fingerprint density at radius 3 is 2.32 bits per heavy atom. The molecule has 4 aromatic rings. The van der Waals surface area contributed by atoms with E-state index in [-0.39, 0.29) is 34.1 Å². The topological polar surface area (TPSA) is 95.9 Å². The fourth-order valence-electron chi connectivity index (χ4n) is 5.27. The highest BCUT2D eigenvalue weighted by Crippen LogP contribution is 2.36. The Labute approximate surface area is 198 Å². The van der Waals surface area contributed by atoms with Crippen molar-refractivity contribution in [2.24, 2.45) is 0 Å². The fourth-order valence-corrected chi connectivity index (χ4v) is 5.27. The number of carbonyl (C=O) groups is 1. The summed E-state index contributed by atoms with van der Waals surface area (Å²) in [5.41, 5.74) is 2.55. The van der Waals surface area contributed by atoms with Gasteiger partial charge in [0.2, 0.25) is 0 Å². The molecular formula is C26H30N6O2. The molecule has 0 spiro atoms. The zero-order chi connectivity index (χ0) is 24.3. The number of H-pyrrole nitrogens is 1. The minimum atomic E-state index is -0.277. The van der Waals surface area contributed by atoms with Gasteiger partial charge in [-0.15, -0.1) is 10.2 Å². The van der Waals surface area contributed by atoms with E-state index in [1.54, 1.807) is 24.3 Å². The van der Waals surface area contributed by atoms with Gasteiger partial charge in [-0.1, -0.05) is 18.2 Å². The van der Waals surface area contributed by atoms with Crippen molar-refractivity contribution in [3.05, 3.63) is 64.4 Å². The number of rotatable bonds is 3. The molecule has 2 aromatic heterocycles. The van der Waals surface area contributed by atoms with Crippen molar-refractivity contribution in [3.63, 3.8) is 0 Å². The van der Waals surface area contributed by atoms with Crippen LogP contribution in [0.25, 0.3) is 27.6 Å². The van der Waals surface area contributed by atoms with Crippen molar-refractivity contribution in [1.29, 1.82) is 0 Å². The zero-order valence-electron chi connectivity index (χ0n) is 20.2. The third-order valence-electron chi connectivity index (χ3n) is 7.33. The van der Waals surface area contributed by atoms with Crippen LogP contribution in [0, 0.1) is 0 Å². The average Bonchev–Trinajstić information content (AvgIpc) is 3.14. The predicted molar refractivity (Wildman–Crippen MR) is 133 cm³/mol. The molecule has 1 saturated heterocycles. The summed E-state index contributed by atoms with van der Waals surface area (Å²) in [6.07, 6.45) is 1.77. The lowest BCUT2D eigenvalue weighted by molar-refractivity contribution is -0.0169. The maximum absolute atomic E-state index is 13.0. The number of amides is 1. The van der Waals surface area contributed by atoms with E-state index in [0.717, 1.165) is 23.7 Å². The SMILES string of the molecule is CN1C(C)(C)CC(NC(=O)c2ccc(-n3[nH]c4c(nnc5ccccc54)c3=O)cc2)CC1(C)C. The summed E-state index contributed by atoms with van der Waals surface area (Å²) >= 11 is 0. The van der Waals surface area contributed by atoms with Gasteiger partial charge in [0.05, 0.1) is 16.7 Å². The molecule has 0 unspecified atom stereocenters. The number of nitrogens with zero attached hydrogens (tertiary/aromatic N) is 4. The molecule has 0 radical (unpaired) electrons. The van der Waals surface area contributed by atoms with E-state index in [1.807, 2.05) is 24.3 Å². The smallest absolute Gasteiger partial charge is 0.299 e. The summed E-state index contributed by atoms with van der Waals surface area (Å²) in [7, 11) is 2.15. The molecule has 176 valence electrons. The molecule has 34 heavy (non-hydrogen) atoms. The number of fused-ring (bicyclic) bond motifs is 3. The van der Waals surface area contributed by atoms with E-state index in [4.69, 9.17) is 0 Å². The minimum absolute atomic E-state index is 0.00654. The van der Waals surface area contributed by atoms with Crippen LogP contribution in [0.1, 0.15) is 50.9 Å². The molecule has 0 aliphatic carbocycles. The maximum Gasteiger partial charge on any atom is 0.299 e. The van der Waals surface area contributed by atoms with Crippen LogP contribution in [0.15, 0.2) is 53.3 Å². The summed E-state index contributed by atoms with van der Waals surface area (Å²) in [5.74, 6) is -0.103. The van der Waals surface area contributed by atoms with Gasteiger partial charge in [-0.3, -0.25) is 19.6 Å².